The molecule has 0 saturated heterocycles. The number of aliphatic imine (C=N–C) groups is 1. The first-order valence-electron chi connectivity index (χ1n) is 10.8. The highest BCUT2D eigenvalue weighted by Gasteiger charge is 2.08. The van der Waals surface area contributed by atoms with Crippen LogP contribution in [0.3, 0.4) is 0 Å². The molecule has 0 radical (unpaired) electrons. The van der Waals surface area contributed by atoms with Crippen LogP contribution in [-0.2, 0) is 6.54 Å². The molecule has 3 aromatic rings. The number of rotatable bonds is 9. The minimum Gasteiger partial charge on any atom is -0.493 e. The van der Waals surface area contributed by atoms with Gasteiger partial charge in [-0.05, 0) is 49.1 Å². The SMILES string of the molecule is CCNC(=NCc1ccc(-n2ccnc2)nc1)NC(C)c1ccc(OCC(C)C)cc1. The van der Waals surface area contributed by atoms with Crippen LogP contribution in [-0.4, -0.2) is 33.6 Å². The second kappa shape index (κ2) is 11.2. The van der Waals surface area contributed by atoms with Crippen LogP contribution in [0.2, 0.25) is 0 Å². The largest absolute Gasteiger partial charge is 0.493 e. The van der Waals surface area contributed by atoms with Gasteiger partial charge in [-0.2, -0.15) is 0 Å². The van der Waals surface area contributed by atoms with Gasteiger partial charge in [-0.15, -0.1) is 0 Å². The summed E-state index contributed by atoms with van der Waals surface area (Å²) in [5.74, 6) is 3.02. The molecule has 7 heteroatoms. The van der Waals surface area contributed by atoms with E-state index in [0.717, 1.165) is 36.2 Å². The van der Waals surface area contributed by atoms with E-state index in [1.165, 1.54) is 5.56 Å². The molecule has 0 aliphatic carbocycles. The standard InChI is InChI=1S/C24H32N6O/c1-5-26-24(28-15-20-6-11-23(27-14-20)30-13-12-25-17-30)29-19(4)21-7-9-22(10-8-21)31-16-18(2)3/h6-14,17-19H,5,15-16H2,1-4H3,(H2,26,28,29). The molecular weight excluding hydrogens is 388 g/mol. The maximum atomic E-state index is 5.77. The monoisotopic (exact) mass is 420 g/mol. The van der Waals surface area contributed by atoms with E-state index in [1.807, 2.05) is 41.2 Å². The fourth-order valence-electron chi connectivity index (χ4n) is 2.95. The Balaban J connectivity index is 1.59. The predicted octanol–water partition coefficient (Wildman–Crippen LogP) is 4.12. The second-order valence-corrected chi connectivity index (χ2v) is 7.83. The fraction of sp³-hybridized carbons (Fsp3) is 0.375. The van der Waals surface area contributed by atoms with Gasteiger partial charge in [-0.3, -0.25) is 4.57 Å². The van der Waals surface area contributed by atoms with E-state index < -0.39 is 0 Å². The Labute approximate surface area is 184 Å². The van der Waals surface area contributed by atoms with Crippen molar-refractivity contribution in [1.29, 1.82) is 0 Å². The van der Waals surface area contributed by atoms with Crippen molar-refractivity contribution in [3.63, 3.8) is 0 Å². The Hall–Kier alpha value is -3.35. The van der Waals surface area contributed by atoms with Crippen molar-refractivity contribution in [2.24, 2.45) is 10.9 Å². The maximum absolute atomic E-state index is 5.77. The molecule has 3 rings (SSSR count). The first kappa shape index (κ1) is 22.3. The van der Waals surface area contributed by atoms with Crippen LogP contribution < -0.4 is 15.4 Å². The number of ether oxygens (including phenoxy) is 1. The molecule has 31 heavy (non-hydrogen) atoms. The van der Waals surface area contributed by atoms with Gasteiger partial charge in [-0.25, -0.2) is 15.0 Å². The molecule has 0 aliphatic rings. The molecule has 1 aromatic carbocycles. The van der Waals surface area contributed by atoms with Crippen LogP contribution >= 0.6 is 0 Å². The number of nitrogens with one attached hydrogen (secondary N) is 2. The van der Waals surface area contributed by atoms with E-state index >= 15 is 0 Å². The number of hydrogen-bond acceptors (Lipinski definition) is 4. The fourth-order valence-corrected chi connectivity index (χ4v) is 2.95. The average Bonchev–Trinajstić information content (AvgIpc) is 3.32. The maximum Gasteiger partial charge on any atom is 0.192 e. The Morgan fingerprint density at radius 3 is 2.55 bits per heavy atom. The predicted molar refractivity (Wildman–Crippen MR) is 125 cm³/mol. The van der Waals surface area contributed by atoms with Gasteiger partial charge >= 0.3 is 0 Å². The molecule has 2 aromatic heterocycles. The van der Waals surface area contributed by atoms with Crippen molar-refractivity contribution in [2.45, 2.75) is 40.3 Å². The molecule has 0 bridgehead atoms. The van der Waals surface area contributed by atoms with Gasteiger partial charge in [0.1, 0.15) is 17.9 Å². The molecule has 0 aliphatic heterocycles. The molecule has 164 valence electrons. The van der Waals surface area contributed by atoms with Crippen LogP contribution in [0.4, 0.5) is 0 Å². The van der Waals surface area contributed by atoms with E-state index in [1.54, 1.807) is 12.5 Å². The number of benzene rings is 1. The molecule has 0 amide bonds. The first-order chi connectivity index (χ1) is 15.0. The van der Waals surface area contributed by atoms with Crippen molar-refractivity contribution < 1.29 is 4.74 Å². The van der Waals surface area contributed by atoms with Gasteiger partial charge in [0.2, 0.25) is 0 Å². The summed E-state index contributed by atoms with van der Waals surface area (Å²) in [5, 5.41) is 6.79. The zero-order valence-electron chi connectivity index (χ0n) is 18.7. The summed E-state index contributed by atoms with van der Waals surface area (Å²) in [5.41, 5.74) is 2.22. The Kier molecular flexibility index (Phi) is 8.04. The molecule has 0 spiro atoms. The quantitative estimate of drug-likeness (QED) is 0.402. The smallest absolute Gasteiger partial charge is 0.192 e. The van der Waals surface area contributed by atoms with Gasteiger partial charge in [0.15, 0.2) is 5.96 Å². The lowest BCUT2D eigenvalue weighted by Crippen LogP contribution is -2.38. The van der Waals surface area contributed by atoms with Crippen LogP contribution in [0.15, 0.2) is 66.3 Å². The van der Waals surface area contributed by atoms with Gasteiger partial charge in [0, 0.05) is 25.1 Å². The first-order valence-corrected chi connectivity index (χ1v) is 10.8. The Morgan fingerprint density at radius 1 is 1.13 bits per heavy atom. The molecule has 2 heterocycles. The third kappa shape index (κ3) is 6.84. The number of hydrogen-bond donors (Lipinski definition) is 2. The number of pyridine rings is 1. The summed E-state index contributed by atoms with van der Waals surface area (Å²) >= 11 is 0. The summed E-state index contributed by atoms with van der Waals surface area (Å²) < 4.78 is 7.65. The van der Waals surface area contributed by atoms with E-state index in [9.17, 15) is 0 Å². The van der Waals surface area contributed by atoms with Crippen molar-refractivity contribution in [3.8, 4) is 11.6 Å². The van der Waals surface area contributed by atoms with Gasteiger partial charge in [0.05, 0.1) is 19.2 Å². The number of nitrogens with zero attached hydrogens (tertiary/aromatic N) is 4. The summed E-state index contributed by atoms with van der Waals surface area (Å²) in [7, 11) is 0. The highest BCUT2D eigenvalue weighted by atomic mass is 16.5. The number of guanidine groups is 1. The van der Waals surface area contributed by atoms with Gasteiger partial charge < -0.3 is 15.4 Å². The highest BCUT2D eigenvalue weighted by Crippen LogP contribution is 2.18. The van der Waals surface area contributed by atoms with E-state index in [4.69, 9.17) is 9.73 Å². The molecular formula is C24H32N6O. The molecule has 2 N–H and O–H groups in total. The second-order valence-electron chi connectivity index (χ2n) is 7.83. The molecule has 0 fully saturated rings. The normalized spacial score (nSPS) is 12.6. The molecule has 1 atom stereocenters. The lowest BCUT2D eigenvalue weighted by molar-refractivity contribution is 0.271. The minimum absolute atomic E-state index is 0.110. The summed E-state index contributed by atoms with van der Waals surface area (Å²) in [6.07, 6.45) is 7.19. The Morgan fingerprint density at radius 2 is 1.94 bits per heavy atom. The van der Waals surface area contributed by atoms with Crippen molar-refractivity contribution in [3.05, 3.63) is 72.4 Å². The van der Waals surface area contributed by atoms with Crippen molar-refractivity contribution in [2.75, 3.05) is 13.2 Å². The summed E-state index contributed by atoms with van der Waals surface area (Å²) in [4.78, 5) is 13.3. The van der Waals surface area contributed by atoms with Crippen molar-refractivity contribution >= 4 is 5.96 Å². The van der Waals surface area contributed by atoms with E-state index in [-0.39, 0.29) is 6.04 Å². The van der Waals surface area contributed by atoms with Crippen LogP contribution in [0.25, 0.3) is 5.82 Å². The summed E-state index contributed by atoms with van der Waals surface area (Å²) in [6, 6.07) is 12.3. The van der Waals surface area contributed by atoms with Crippen LogP contribution in [0, 0.1) is 5.92 Å². The third-order valence-electron chi connectivity index (χ3n) is 4.66. The zero-order valence-corrected chi connectivity index (χ0v) is 18.7. The molecule has 7 nitrogen and oxygen atoms in total. The zero-order chi connectivity index (χ0) is 22.1. The van der Waals surface area contributed by atoms with E-state index in [2.05, 4.69) is 60.4 Å². The lowest BCUT2D eigenvalue weighted by atomic mass is 10.1. The van der Waals surface area contributed by atoms with Gasteiger partial charge in [-0.1, -0.05) is 32.0 Å². The van der Waals surface area contributed by atoms with Crippen molar-refractivity contribution in [1.82, 2.24) is 25.2 Å². The summed E-state index contributed by atoms with van der Waals surface area (Å²) in [6.45, 7) is 10.5. The third-order valence-corrected chi connectivity index (χ3v) is 4.66. The minimum atomic E-state index is 0.110. The lowest BCUT2D eigenvalue weighted by Gasteiger charge is -2.19. The van der Waals surface area contributed by atoms with Crippen LogP contribution in [0.1, 0.15) is 44.9 Å². The topological polar surface area (TPSA) is 76.4 Å². The Bertz CT molecular complexity index is 933. The number of imidazole rings is 1. The average molecular weight is 421 g/mol. The van der Waals surface area contributed by atoms with Gasteiger partial charge in [0.25, 0.3) is 0 Å². The van der Waals surface area contributed by atoms with Crippen LogP contribution in [0.5, 0.6) is 5.75 Å². The highest BCUT2D eigenvalue weighted by molar-refractivity contribution is 5.80. The van der Waals surface area contributed by atoms with E-state index in [0.29, 0.717) is 12.5 Å². The molecule has 0 saturated carbocycles. The number of aromatic nitrogens is 3. The molecule has 1 unspecified atom stereocenters.